The van der Waals surface area contributed by atoms with E-state index in [4.69, 9.17) is 9.47 Å². The van der Waals surface area contributed by atoms with Gasteiger partial charge in [-0.1, -0.05) is 32.4 Å². The number of alkyl halides is 3. The molecule has 1 aromatic rings. The maximum atomic E-state index is 13.8. The van der Waals surface area contributed by atoms with Gasteiger partial charge in [-0.25, -0.2) is 4.79 Å². The molecular weight excluding hydrogens is 693 g/mol. The number of carbonyl (C=O) groups is 7. The molecule has 0 bridgehead atoms. The molecule has 0 heterocycles. The van der Waals surface area contributed by atoms with Crippen molar-refractivity contribution < 1.29 is 65.7 Å². The van der Waals surface area contributed by atoms with E-state index in [1.807, 2.05) is 0 Å². The van der Waals surface area contributed by atoms with Gasteiger partial charge in [0.2, 0.25) is 17.7 Å². The Hall–Kier alpha value is -4.55. The first-order valence-electron chi connectivity index (χ1n) is 15.2. The zero-order valence-electron chi connectivity index (χ0n) is 28.5. The summed E-state index contributed by atoms with van der Waals surface area (Å²) in [4.78, 5) is 88.0. The number of thioether (sulfide) groups is 1. The molecule has 15 nitrogen and oxygen atoms in total. The Balaban J connectivity index is 3.42. The van der Waals surface area contributed by atoms with E-state index in [0.29, 0.717) is 29.5 Å². The van der Waals surface area contributed by atoms with E-state index in [2.05, 4.69) is 25.4 Å². The van der Waals surface area contributed by atoms with Gasteiger partial charge in [-0.05, 0) is 30.0 Å². The summed E-state index contributed by atoms with van der Waals surface area (Å²) in [6, 6.07) is 0.325. The van der Waals surface area contributed by atoms with Gasteiger partial charge in [0.1, 0.15) is 29.9 Å². The van der Waals surface area contributed by atoms with Gasteiger partial charge >= 0.3 is 30.0 Å². The number of hydrogen-bond acceptors (Lipinski definition) is 12. The molecule has 0 aliphatic heterocycles. The van der Waals surface area contributed by atoms with Crippen LogP contribution in [0.5, 0.6) is 5.75 Å². The van der Waals surface area contributed by atoms with Crippen molar-refractivity contribution >= 4 is 53.3 Å². The summed E-state index contributed by atoms with van der Waals surface area (Å²) in [7, 11) is 4.75. The van der Waals surface area contributed by atoms with Gasteiger partial charge in [-0.2, -0.15) is 13.2 Å². The molecule has 1 aromatic carbocycles. The van der Waals surface area contributed by atoms with Gasteiger partial charge in [0.15, 0.2) is 0 Å². The summed E-state index contributed by atoms with van der Waals surface area (Å²) in [5.74, 6) is -8.54. The van der Waals surface area contributed by atoms with Crippen LogP contribution in [0.1, 0.15) is 38.7 Å². The highest BCUT2D eigenvalue weighted by Gasteiger charge is 2.41. The molecule has 1 rings (SSSR count). The van der Waals surface area contributed by atoms with Crippen LogP contribution in [0.3, 0.4) is 0 Å². The molecule has 4 amide bonds. The Kier molecular flexibility index (Phi) is 18.7. The van der Waals surface area contributed by atoms with Crippen LogP contribution in [0.25, 0.3) is 0 Å². The van der Waals surface area contributed by atoms with Crippen molar-refractivity contribution in [3.05, 3.63) is 29.8 Å². The van der Waals surface area contributed by atoms with E-state index in [9.17, 15) is 46.7 Å². The fourth-order valence-corrected chi connectivity index (χ4v) is 5.07. The fourth-order valence-electron chi connectivity index (χ4n) is 4.19. The Morgan fingerprint density at radius 2 is 1.34 bits per heavy atom. The van der Waals surface area contributed by atoms with Crippen LogP contribution in [-0.2, 0) is 54.2 Å². The molecule has 0 aromatic heterocycles. The Bertz CT molecular complexity index is 1330. The summed E-state index contributed by atoms with van der Waals surface area (Å²) < 4.78 is 58.3. The fraction of sp³-hybridized carbons (Fsp3) is 0.581. The molecule has 0 aliphatic rings. The van der Waals surface area contributed by atoms with Crippen molar-refractivity contribution in [3.63, 3.8) is 0 Å². The third kappa shape index (κ3) is 14.9. The van der Waals surface area contributed by atoms with Crippen molar-refractivity contribution in [2.75, 3.05) is 39.9 Å². The second kappa shape index (κ2) is 21.5. The minimum absolute atomic E-state index is 0.179. The minimum Gasteiger partial charge on any atom is -0.497 e. The van der Waals surface area contributed by atoms with E-state index >= 15 is 0 Å². The lowest BCUT2D eigenvalue weighted by Gasteiger charge is -2.29. The van der Waals surface area contributed by atoms with Gasteiger partial charge < -0.3 is 40.2 Å². The molecule has 4 N–H and O–H groups in total. The van der Waals surface area contributed by atoms with Crippen LogP contribution in [-0.4, -0.2) is 112 Å². The first-order chi connectivity index (χ1) is 23.5. The van der Waals surface area contributed by atoms with Gasteiger partial charge in [-0.3, -0.25) is 28.8 Å². The highest BCUT2D eigenvalue weighted by atomic mass is 32.2. The molecule has 5 atom stereocenters. The van der Waals surface area contributed by atoms with Gasteiger partial charge in [0, 0.05) is 18.6 Å². The van der Waals surface area contributed by atoms with Crippen molar-refractivity contribution in [1.82, 2.24) is 21.3 Å². The quantitative estimate of drug-likeness (QED) is 0.109. The standard InChI is InChI=1S/C31H43F3N4O11S/c1-7-17(2)25(28(43)35-20(29(44)49-6)12-13-23(39)47-4)38-26(41)21(14-18-8-10-19(46-3)11-9-18)36-27(42)22(15-50-16-24(40)48-5)37-30(45)31(32,33)34/h8-11,17,20-22,25H,7,12-16H2,1-6H3,(H,35,43)(H,36,42)(H,37,45)(H,38,41)/t17-,20?,21?,22?,25?/m0/s1. The van der Waals surface area contributed by atoms with Crippen LogP contribution in [0, 0.1) is 5.92 Å². The SMILES string of the molecule is CC[C@H](C)C(NC(=O)C(Cc1ccc(OC)cc1)NC(=O)C(CSCC(=O)OC)NC(=O)C(F)(F)F)C(=O)NC(CCC(=O)OC)C(=O)OC. The Morgan fingerprint density at radius 3 is 1.86 bits per heavy atom. The van der Waals surface area contributed by atoms with E-state index < -0.39 is 83.6 Å². The molecule has 0 saturated carbocycles. The lowest BCUT2D eigenvalue weighted by Crippen LogP contribution is -2.60. The molecule has 0 saturated heterocycles. The van der Waals surface area contributed by atoms with E-state index in [0.717, 1.165) is 21.3 Å². The molecule has 0 spiro atoms. The van der Waals surface area contributed by atoms with Crippen molar-refractivity contribution in [3.8, 4) is 5.75 Å². The van der Waals surface area contributed by atoms with Crippen LogP contribution < -0.4 is 26.0 Å². The van der Waals surface area contributed by atoms with Crippen LogP contribution >= 0.6 is 11.8 Å². The lowest BCUT2D eigenvalue weighted by molar-refractivity contribution is -0.174. The van der Waals surface area contributed by atoms with Crippen molar-refractivity contribution in [1.29, 1.82) is 0 Å². The minimum atomic E-state index is -5.35. The predicted octanol–water partition coefficient (Wildman–Crippen LogP) is 0.818. The van der Waals surface area contributed by atoms with Crippen molar-refractivity contribution in [2.45, 2.75) is 69.9 Å². The average Bonchev–Trinajstić information content (AvgIpc) is 3.09. The van der Waals surface area contributed by atoms with E-state index in [1.54, 1.807) is 43.4 Å². The summed E-state index contributed by atoms with van der Waals surface area (Å²) in [6.45, 7) is 3.35. The number of ether oxygens (including phenoxy) is 4. The molecule has 0 aliphatic carbocycles. The topological polar surface area (TPSA) is 205 Å². The second-order valence-corrected chi connectivity index (χ2v) is 11.8. The molecule has 50 heavy (non-hydrogen) atoms. The number of esters is 3. The molecule has 0 fully saturated rings. The summed E-state index contributed by atoms with van der Waals surface area (Å²) in [5.41, 5.74) is 0.473. The van der Waals surface area contributed by atoms with Crippen LogP contribution in [0.15, 0.2) is 24.3 Å². The summed E-state index contributed by atoms with van der Waals surface area (Å²) in [6.07, 6.45) is -5.64. The lowest BCUT2D eigenvalue weighted by atomic mass is 9.96. The zero-order chi connectivity index (χ0) is 38.0. The van der Waals surface area contributed by atoms with Gasteiger partial charge in [-0.15, -0.1) is 11.8 Å². The first kappa shape index (κ1) is 43.5. The summed E-state index contributed by atoms with van der Waals surface area (Å²) >= 11 is 0.705. The van der Waals surface area contributed by atoms with E-state index in [1.165, 1.54) is 7.11 Å². The third-order valence-electron chi connectivity index (χ3n) is 7.30. The number of methoxy groups -OCH3 is 4. The molecule has 19 heteroatoms. The Labute approximate surface area is 291 Å². The highest BCUT2D eigenvalue weighted by Crippen LogP contribution is 2.17. The molecule has 4 unspecified atom stereocenters. The largest absolute Gasteiger partial charge is 0.497 e. The van der Waals surface area contributed by atoms with Gasteiger partial charge in [0.25, 0.3) is 0 Å². The third-order valence-corrected chi connectivity index (χ3v) is 8.31. The maximum absolute atomic E-state index is 13.8. The van der Waals surface area contributed by atoms with E-state index in [-0.39, 0.29) is 25.0 Å². The monoisotopic (exact) mass is 736 g/mol. The average molecular weight is 737 g/mol. The van der Waals surface area contributed by atoms with Gasteiger partial charge in [0.05, 0.1) is 34.2 Å². The summed E-state index contributed by atoms with van der Waals surface area (Å²) in [5, 5.41) is 8.97. The zero-order valence-corrected chi connectivity index (χ0v) is 29.3. The van der Waals surface area contributed by atoms with Crippen LogP contribution in [0.2, 0.25) is 0 Å². The number of halogens is 3. The Morgan fingerprint density at radius 1 is 0.760 bits per heavy atom. The molecule has 0 radical (unpaired) electrons. The number of nitrogens with one attached hydrogen (secondary N) is 4. The second-order valence-electron chi connectivity index (χ2n) is 10.8. The maximum Gasteiger partial charge on any atom is 0.471 e. The normalized spacial score (nSPS) is 14.0. The number of amides is 4. The highest BCUT2D eigenvalue weighted by molar-refractivity contribution is 8.00. The molecular formula is C31H43F3N4O11S. The van der Waals surface area contributed by atoms with Crippen molar-refractivity contribution in [2.24, 2.45) is 5.92 Å². The number of carbonyl (C=O) groups excluding carboxylic acids is 7. The molecule has 280 valence electrons. The number of rotatable bonds is 20. The predicted molar refractivity (Wildman–Crippen MR) is 173 cm³/mol. The van der Waals surface area contributed by atoms with Crippen LogP contribution in [0.4, 0.5) is 13.2 Å². The smallest absolute Gasteiger partial charge is 0.471 e. The number of hydrogen-bond donors (Lipinski definition) is 4. The first-order valence-corrected chi connectivity index (χ1v) is 16.4. The number of benzene rings is 1.